The summed E-state index contributed by atoms with van der Waals surface area (Å²) in [5.41, 5.74) is 1.52. The Kier molecular flexibility index (Phi) is 6.84. The van der Waals surface area contributed by atoms with Crippen molar-refractivity contribution in [3.63, 3.8) is 0 Å². The number of ether oxygens (including phenoxy) is 2. The molecule has 7 heteroatoms. The highest BCUT2D eigenvalue weighted by molar-refractivity contribution is 6.30. The fourth-order valence-corrected chi connectivity index (χ4v) is 4.16. The monoisotopic (exact) mass is 464 g/mol. The zero-order valence-electron chi connectivity index (χ0n) is 18.3. The number of hydrogen-bond donors (Lipinski definition) is 2. The van der Waals surface area contributed by atoms with E-state index in [1.165, 1.54) is 0 Å². The number of methoxy groups -OCH3 is 1. The molecule has 0 spiro atoms. The average Bonchev–Trinajstić information content (AvgIpc) is 2.77. The molecule has 1 aliphatic carbocycles. The van der Waals surface area contributed by atoms with E-state index in [0.717, 1.165) is 24.8 Å². The second-order valence-corrected chi connectivity index (χ2v) is 8.41. The maximum absolute atomic E-state index is 13.2. The SMILES string of the molecule is COc1ccccc1OCC(=O)Nc1cccc(NC(=O)C2(c3cccc(Cl)c3)CCC2)c1. The molecule has 0 saturated heterocycles. The third-order valence-corrected chi connectivity index (χ3v) is 6.09. The van der Waals surface area contributed by atoms with Gasteiger partial charge in [-0.2, -0.15) is 0 Å². The third-order valence-electron chi connectivity index (χ3n) is 5.85. The van der Waals surface area contributed by atoms with E-state index in [1.54, 1.807) is 55.6 Å². The second kappa shape index (κ2) is 9.96. The van der Waals surface area contributed by atoms with E-state index in [-0.39, 0.29) is 18.4 Å². The van der Waals surface area contributed by atoms with Crippen LogP contribution in [0.2, 0.25) is 5.02 Å². The first-order valence-corrected chi connectivity index (χ1v) is 11.1. The van der Waals surface area contributed by atoms with Crippen LogP contribution in [0.5, 0.6) is 11.5 Å². The molecule has 170 valence electrons. The van der Waals surface area contributed by atoms with Gasteiger partial charge in [0.15, 0.2) is 18.1 Å². The van der Waals surface area contributed by atoms with Crippen molar-refractivity contribution in [2.75, 3.05) is 24.4 Å². The van der Waals surface area contributed by atoms with Crippen LogP contribution in [0.15, 0.2) is 72.8 Å². The Labute approximate surface area is 197 Å². The largest absolute Gasteiger partial charge is 0.493 e. The van der Waals surface area contributed by atoms with Crippen LogP contribution in [-0.4, -0.2) is 25.5 Å². The molecule has 0 aliphatic heterocycles. The van der Waals surface area contributed by atoms with Crippen molar-refractivity contribution in [3.05, 3.63) is 83.4 Å². The van der Waals surface area contributed by atoms with Crippen molar-refractivity contribution < 1.29 is 19.1 Å². The van der Waals surface area contributed by atoms with E-state index >= 15 is 0 Å². The smallest absolute Gasteiger partial charge is 0.262 e. The van der Waals surface area contributed by atoms with Crippen molar-refractivity contribution in [2.45, 2.75) is 24.7 Å². The minimum atomic E-state index is -0.577. The lowest BCUT2D eigenvalue weighted by Crippen LogP contribution is -2.46. The normalized spacial score (nSPS) is 14.0. The summed E-state index contributed by atoms with van der Waals surface area (Å²) in [4.78, 5) is 25.6. The van der Waals surface area contributed by atoms with Crippen molar-refractivity contribution in [1.82, 2.24) is 0 Å². The van der Waals surface area contributed by atoms with Gasteiger partial charge >= 0.3 is 0 Å². The van der Waals surface area contributed by atoms with Gasteiger partial charge in [0, 0.05) is 16.4 Å². The predicted molar refractivity (Wildman–Crippen MR) is 129 cm³/mol. The highest BCUT2D eigenvalue weighted by Gasteiger charge is 2.45. The zero-order valence-corrected chi connectivity index (χ0v) is 19.0. The number of halogens is 1. The molecule has 1 fully saturated rings. The van der Waals surface area contributed by atoms with Crippen LogP contribution in [0.3, 0.4) is 0 Å². The van der Waals surface area contributed by atoms with E-state index in [0.29, 0.717) is 27.9 Å². The second-order valence-electron chi connectivity index (χ2n) is 7.97. The van der Waals surface area contributed by atoms with Crippen molar-refractivity contribution in [3.8, 4) is 11.5 Å². The fourth-order valence-electron chi connectivity index (χ4n) is 3.97. The number of para-hydroxylation sites is 2. The topological polar surface area (TPSA) is 76.7 Å². The van der Waals surface area contributed by atoms with E-state index < -0.39 is 5.41 Å². The lowest BCUT2D eigenvalue weighted by atomic mass is 9.64. The van der Waals surface area contributed by atoms with E-state index in [4.69, 9.17) is 21.1 Å². The molecule has 3 aromatic carbocycles. The lowest BCUT2D eigenvalue weighted by Gasteiger charge is -2.40. The minimum absolute atomic E-state index is 0.0704. The third kappa shape index (κ3) is 5.12. The maximum atomic E-state index is 13.2. The number of carbonyl (C=O) groups is 2. The number of benzene rings is 3. The highest BCUT2D eigenvalue weighted by Crippen LogP contribution is 2.45. The van der Waals surface area contributed by atoms with Crippen molar-refractivity contribution in [1.29, 1.82) is 0 Å². The molecule has 0 atom stereocenters. The van der Waals surface area contributed by atoms with Gasteiger partial charge in [-0.3, -0.25) is 9.59 Å². The molecular weight excluding hydrogens is 440 g/mol. The summed E-state index contributed by atoms with van der Waals surface area (Å²) in [5.74, 6) is 0.653. The zero-order chi connectivity index (χ0) is 23.3. The summed E-state index contributed by atoms with van der Waals surface area (Å²) in [7, 11) is 1.54. The Morgan fingerprint density at radius 3 is 2.27 bits per heavy atom. The first-order valence-electron chi connectivity index (χ1n) is 10.7. The van der Waals surface area contributed by atoms with Crippen LogP contribution >= 0.6 is 11.6 Å². The number of hydrogen-bond acceptors (Lipinski definition) is 4. The Hall–Kier alpha value is -3.51. The molecule has 3 aromatic rings. The molecule has 2 N–H and O–H groups in total. The molecular formula is C26H25ClN2O4. The van der Waals surface area contributed by atoms with Crippen molar-refractivity contribution in [2.24, 2.45) is 0 Å². The summed E-state index contributed by atoms with van der Waals surface area (Å²) in [6, 6.07) is 21.7. The van der Waals surface area contributed by atoms with E-state index in [2.05, 4.69) is 10.6 Å². The van der Waals surface area contributed by atoms with Crippen LogP contribution in [0, 0.1) is 0 Å². The summed E-state index contributed by atoms with van der Waals surface area (Å²) in [6.07, 6.45) is 2.54. The van der Waals surface area contributed by atoms with Gasteiger partial charge in [0.05, 0.1) is 12.5 Å². The van der Waals surface area contributed by atoms with Crippen LogP contribution in [0.1, 0.15) is 24.8 Å². The van der Waals surface area contributed by atoms with Crippen LogP contribution in [-0.2, 0) is 15.0 Å². The van der Waals surface area contributed by atoms with E-state index in [1.807, 2.05) is 24.3 Å². The number of amides is 2. The Morgan fingerprint density at radius 1 is 0.909 bits per heavy atom. The summed E-state index contributed by atoms with van der Waals surface area (Å²) >= 11 is 6.16. The van der Waals surface area contributed by atoms with Gasteiger partial charge in [-0.15, -0.1) is 0 Å². The molecule has 6 nitrogen and oxygen atoms in total. The molecule has 4 rings (SSSR count). The number of carbonyl (C=O) groups excluding carboxylic acids is 2. The first-order chi connectivity index (χ1) is 16.0. The summed E-state index contributed by atoms with van der Waals surface area (Å²) < 4.78 is 10.8. The van der Waals surface area contributed by atoms with Gasteiger partial charge in [0.1, 0.15) is 0 Å². The molecule has 1 saturated carbocycles. The Morgan fingerprint density at radius 2 is 1.61 bits per heavy atom. The predicted octanol–water partition coefficient (Wildman–Crippen LogP) is 5.43. The van der Waals surface area contributed by atoms with Gasteiger partial charge in [-0.1, -0.05) is 48.4 Å². The Bertz CT molecular complexity index is 1160. The molecule has 2 amide bonds. The molecule has 0 aromatic heterocycles. The van der Waals surface area contributed by atoms with Crippen LogP contribution < -0.4 is 20.1 Å². The maximum Gasteiger partial charge on any atom is 0.262 e. The van der Waals surface area contributed by atoms with Gasteiger partial charge < -0.3 is 20.1 Å². The first kappa shape index (κ1) is 22.7. The summed E-state index contributed by atoms with van der Waals surface area (Å²) in [6.45, 7) is -0.172. The Balaban J connectivity index is 1.39. The molecule has 0 heterocycles. The average molecular weight is 465 g/mol. The fraction of sp³-hybridized carbons (Fsp3) is 0.231. The van der Waals surface area contributed by atoms with E-state index in [9.17, 15) is 9.59 Å². The van der Waals surface area contributed by atoms with Crippen LogP contribution in [0.4, 0.5) is 11.4 Å². The number of rotatable bonds is 8. The number of anilines is 2. The molecule has 1 aliphatic rings. The quantitative estimate of drug-likeness (QED) is 0.466. The molecule has 0 bridgehead atoms. The lowest BCUT2D eigenvalue weighted by molar-refractivity contribution is -0.124. The standard InChI is InChI=1S/C26H25ClN2O4/c1-32-22-11-2-3-12-23(22)33-17-24(30)28-20-9-5-10-21(16-20)29-25(31)26(13-6-14-26)18-7-4-8-19(27)15-18/h2-5,7-12,15-16H,6,13-14,17H2,1H3,(H,28,30)(H,29,31). The molecule has 0 unspecified atom stereocenters. The van der Waals surface area contributed by atoms with Crippen molar-refractivity contribution >= 4 is 34.8 Å². The molecule has 0 radical (unpaired) electrons. The summed E-state index contributed by atoms with van der Waals surface area (Å²) in [5, 5.41) is 6.42. The van der Waals surface area contributed by atoms with Gasteiger partial charge in [-0.25, -0.2) is 0 Å². The highest BCUT2D eigenvalue weighted by atomic mass is 35.5. The van der Waals surface area contributed by atoms with Gasteiger partial charge in [0.25, 0.3) is 5.91 Å². The molecule has 33 heavy (non-hydrogen) atoms. The minimum Gasteiger partial charge on any atom is -0.493 e. The van der Waals surface area contributed by atoms with Crippen LogP contribution in [0.25, 0.3) is 0 Å². The number of nitrogens with one attached hydrogen (secondary N) is 2. The van der Waals surface area contributed by atoms with Gasteiger partial charge in [-0.05, 0) is 60.9 Å². The van der Waals surface area contributed by atoms with Gasteiger partial charge in [0.2, 0.25) is 5.91 Å².